The van der Waals surface area contributed by atoms with E-state index in [1.807, 2.05) is 42.1 Å². The summed E-state index contributed by atoms with van der Waals surface area (Å²) >= 11 is 12.5. The third-order valence-corrected chi connectivity index (χ3v) is 6.58. The first-order chi connectivity index (χ1) is 16.1. The predicted molar refractivity (Wildman–Crippen MR) is 130 cm³/mol. The second-order valence-electron chi connectivity index (χ2n) is 8.02. The van der Waals surface area contributed by atoms with Crippen molar-refractivity contribution >= 4 is 23.2 Å². The Morgan fingerprint density at radius 2 is 1.97 bits per heavy atom. The molecule has 0 saturated carbocycles. The Kier molecular flexibility index (Phi) is 8.15. The summed E-state index contributed by atoms with van der Waals surface area (Å²) in [6.45, 7) is 4.10. The van der Waals surface area contributed by atoms with Gasteiger partial charge in [0.15, 0.2) is 11.5 Å². The lowest BCUT2D eigenvalue weighted by Gasteiger charge is -2.24. The van der Waals surface area contributed by atoms with Crippen LogP contribution in [0.5, 0.6) is 11.5 Å². The van der Waals surface area contributed by atoms with Gasteiger partial charge in [-0.1, -0.05) is 35.3 Å². The summed E-state index contributed by atoms with van der Waals surface area (Å²) in [7, 11) is 0. The molecule has 0 bridgehead atoms. The van der Waals surface area contributed by atoms with Crippen LogP contribution in [0.3, 0.4) is 0 Å². The summed E-state index contributed by atoms with van der Waals surface area (Å²) < 4.78 is 13.8. The van der Waals surface area contributed by atoms with Gasteiger partial charge in [-0.15, -0.1) is 0 Å². The zero-order chi connectivity index (χ0) is 23.2. The summed E-state index contributed by atoms with van der Waals surface area (Å²) in [5.41, 5.74) is 4.32. The van der Waals surface area contributed by atoms with Crippen LogP contribution in [0.1, 0.15) is 48.2 Å². The van der Waals surface area contributed by atoms with Gasteiger partial charge in [0.05, 0.1) is 26.0 Å². The van der Waals surface area contributed by atoms with E-state index in [0.29, 0.717) is 41.2 Å². The average Bonchev–Trinajstić information content (AvgIpc) is 3.22. The standard InChI is InChI=1S/C25H29Cl2N3O3/c1-2-32-25-13-17(9-10-24(25)33-16-19-20(26)5-3-6-21(19)27)14-28-22-7-4-8-23-18(22)15-29-30(23)11-12-31/h3,5-6,9-10,13,15,22,28,31H,2,4,7-8,11-12,14,16H2,1H3. The number of hydrogen-bond acceptors (Lipinski definition) is 5. The molecule has 1 heterocycles. The Morgan fingerprint density at radius 1 is 1.15 bits per heavy atom. The van der Waals surface area contributed by atoms with Gasteiger partial charge in [-0.2, -0.15) is 5.10 Å². The summed E-state index contributed by atoms with van der Waals surface area (Å²) in [6, 6.07) is 11.6. The molecule has 3 aromatic rings. The molecule has 33 heavy (non-hydrogen) atoms. The van der Waals surface area contributed by atoms with E-state index in [0.717, 1.165) is 30.4 Å². The predicted octanol–water partition coefficient (Wildman–Crippen LogP) is 5.33. The highest BCUT2D eigenvalue weighted by atomic mass is 35.5. The highest BCUT2D eigenvalue weighted by molar-refractivity contribution is 6.35. The molecule has 2 aromatic carbocycles. The summed E-state index contributed by atoms with van der Waals surface area (Å²) in [6.07, 6.45) is 5.10. The summed E-state index contributed by atoms with van der Waals surface area (Å²) in [5.74, 6) is 1.35. The lowest BCUT2D eigenvalue weighted by atomic mass is 9.93. The summed E-state index contributed by atoms with van der Waals surface area (Å²) in [4.78, 5) is 0. The van der Waals surface area contributed by atoms with Gasteiger partial charge in [-0.05, 0) is 56.0 Å². The molecule has 0 saturated heterocycles. The van der Waals surface area contributed by atoms with Crippen molar-refractivity contribution in [1.29, 1.82) is 0 Å². The zero-order valence-electron chi connectivity index (χ0n) is 18.7. The van der Waals surface area contributed by atoms with Crippen LogP contribution in [-0.2, 0) is 26.1 Å². The number of ether oxygens (including phenoxy) is 2. The van der Waals surface area contributed by atoms with Crippen LogP contribution in [-0.4, -0.2) is 28.1 Å². The second kappa shape index (κ2) is 11.3. The summed E-state index contributed by atoms with van der Waals surface area (Å²) in [5, 5.41) is 18.6. The van der Waals surface area contributed by atoms with Crippen LogP contribution in [0, 0.1) is 0 Å². The number of benzene rings is 2. The molecule has 1 aliphatic carbocycles. The number of nitrogens with zero attached hydrogens (tertiary/aromatic N) is 2. The van der Waals surface area contributed by atoms with E-state index in [9.17, 15) is 5.11 Å². The molecule has 1 unspecified atom stereocenters. The minimum Gasteiger partial charge on any atom is -0.490 e. The molecule has 0 spiro atoms. The fourth-order valence-corrected chi connectivity index (χ4v) is 4.74. The van der Waals surface area contributed by atoms with Gasteiger partial charge in [-0.3, -0.25) is 4.68 Å². The van der Waals surface area contributed by atoms with Crippen LogP contribution >= 0.6 is 23.2 Å². The minimum absolute atomic E-state index is 0.101. The third-order valence-electron chi connectivity index (χ3n) is 5.87. The van der Waals surface area contributed by atoms with Crippen LogP contribution in [0.4, 0.5) is 0 Å². The van der Waals surface area contributed by atoms with E-state index in [-0.39, 0.29) is 19.3 Å². The van der Waals surface area contributed by atoms with Gasteiger partial charge in [0, 0.05) is 39.5 Å². The maximum atomic E-state index is 9.27. The van der Waals surface area contributed by atoms with Gasteiger partial charge in [0.1, 0.15) is 6.61 Å². The number of nitrogens with one attached hydrogen (secondary N) is 1. The van der Waals surface area contributed by atoms with Crippen LogP contribution in [0.2, 0.25) is 10.0 Å². The SMILES string of the molecule is CCOc1cc(CNC2CCCc3c2cnn3CCO)ccc1OCc1c(Cl)cccc1Cl. The smallest absolute Gasteiger partial charge is 0.161 e. The zero-order valence-corrected chi connectivity index (χ0v) is 20.2. The van der Waals surface area contributed by atoms with Crippen LogP contribution < -0.4 is 14.8 Å². The van der Waals surface area contributed by atoms with Gasteiger partial charge >= 0.3 is 0 Å². The highest BCUT2D eigenvalue weighted by Gasteiger charge is 2.24. The Labute approximate surface area is 204 Å². The first-order valence-electron chi connectivity index (χ1n) is 11.3. The van der Waals surface area contributed by atoms with Gasteiger partial charge < -0.3 is 19.9 Å². The van der Waals surface area contributed by atoms with Crippen molar-refractivity contribution in [1.82, 2.24) is 15.1 Å². The molecule has 0 radical (unpaired) electrons. The number of aliphatic hydroxyl groups is 1. The van der Waals surface area contributed by atoms with Gasteiger partial charge in [-0.25, -0.2) is 0 Å². The average molecular weight is 490 g/mol. The molecular formula is C25H29Cl2N3O3. The molecule has 0 aliphatic heterocycles. The number of aliphatic hydroxyl groups excluding tert-OH is 1. The largest absolute Gasteiger partial charge is 0.490 e. The quantitative estimate of drug-likeness (QED) is 0.402. The topological polar surface area (TPSA) is 68.5 Å². The van der Waals surface area contributed by atoms with Crippen molar-refractivity contribution in [2.45, 2.75) is 51.9 Å². The number of aromatic nitrogens is 2. The number of halogens is 2. The van der Waals surface area contributed by atoms with Crippen molar-refractivity contribution in [3.8, 4) is 11.5 Å². The molecule has 2 N–H and O–H groups in total. The first-order valence-corrected chi connectivity index (χ1v) is 12.1. The van der Waals surface area contributed by atoms with Crippen LogP contribution in [0.25, 0.3) is 0 Å². The Balaban J connectivity index is 1.44. The molecule has 1 aliphatic rings. The normalized spacial score (nSPS) is 15.3. The molecule has 0 fully saturated rings. The fourth-order valence-electron chi connectivity index (χ4n) is 4.23. The van der Waals surface area contributed by atoms with Crippen molar-refractivity contribution in [3.63, 3.8) is 0 Å². The number of hydrogen-bond donors (Lipinski definition) is 2. The van der Waals surface area contributed by atoms with Crippen molar-refractivity contribution in [3.05, 3.63) is 75.0 Å². The van der Waals surface area contributed by atoms with Gasteiger partial charge in [0.2, 0.25) is 0 Å². The van der Waals surface area contributed by atoms with E-state index < -0.39 is 0 Å². The Hall–Kier alpha value is -2.25. The minimum atomic E-state index is 0.101. The highest BCUT2D eigenvalue weighted by Crippen LogP contribution is 2.33. The third kappa shape index (κ3) is 5.64. The van der Waals surface area contributed by atoms with Gasteiger partial charge in [0.25, 0.3) is 0 Å². The van der Waals surface area contributed by atoms with Crippen molar-refractivity contribution in [2.75, 3.05) is 13.2 Å². The molecule has 8 heteroatoms. The van der Waals surface area contributed by atoms with E-state index in [1.165, 1.54) is 11.3 Å². The lowest BCUT2D eigenvalue weighted by molar-refractivity contribution is 0.266. The van der Waals surface area contributed by atoms with E-state index in [1.54, 1.807) is 12.1 Å². The molecule has 0 amide bonds. The molecule has 6 nitrogen and oxygen atoms in total. The fraction of sp³-hybridized carbons (Fsp3) is 0.400. The molecule has 1 atom stereocenters. The molecule has 176 valence electrons. The Morgan fingerprint density at radius 3 is 2.73 bits per heavy atom. The van der Waals surface area contributed by atoms with E-state index in [2.05, 4.69) is 10.4 Å². The maximum absolute atomic E-state index is 9.27. The van der Waals surface area contributed by atoms with Crippen LogP contribution in [0.15, 0.2) is 42.6 Å². The number of fused-ring (bicyclic) bond motifs is 1. The monoisotopic (exact) mass is 489 g/mol. The second-order valence-corrected chi connectivity index (χ2v) is 8.84. The molecular weight excluding hydrogens is 461 g/mol. The lowest BCUT2D eigenvalue weighted by Crippen LogP contribution is -2.25. The molecule has 1 aromatic heterocycles. The molecule has 4 rings (SSSR count). The number of rotatable bonds is 10. The first kappa shape index (κ1) is 23.9. The Bertz CT molecular complexity index is 1070. The van der Waals surface area contributed by atoms with Crippen molar-refractivity contribution in [2.24, 2.45) is 0 Å². The van der Waals surface area contributed by atoms with E-state index >= 15 is 0 Å². The van der Waals surface area contributed by atoms with Crippen molar-refractivity contribution < 1.29 is 14.6 Å². The van der Waals surface area contributed by atoms with E-state index in [4.69, 9.17) is 32.7 Å². The maximum Gasteiger partial charge on any atom is 0.161 e.